The molecule has 0 unspecified atom stereocenters. The Morgan fingerprint density at radius 3 is 2.67 bits per heavy atom. The maximum atomic E-state index is 12.1. The number of carbonyl (C=O) groups is 2. The van der Waals surface area contributed by atoms with Crippen molar-refractivity contribution in [3.8, 4) is 10.6 Å². The van der Waals surface area contributed by atoms with Crippen LogP contribution in [0.25, 0.3) is 10.6 Å². The van der Waals surface area contributed by atoms with Crippen LogP contribution in [0.3, 0.4) is 0 Å². The molecule has 0 spiro atoms. The van der Waals surface area contributed by atoms with Crippen molar-refractivity contribution in [2.45, 2.75) is 26.8 Å². The molecule has 1 amide bonds. The molecule has 0 bridgehead atoms. The van der Waals surface area contributed by atoms with E-state index < -0.39 is 23.3 Å². The quantitative estimate of drug-likeness (QED) is 0.905. The summed E-state index contributed by atoms with van der Waals surface area (Å²) in [5, 5.41) is 17.3. The lowest BCUT2D eigenvalue weighted by Gasteiger charge is -2.27. The van der Waals surface area contributed by atoms with E-state index in [0.717, 1.165) is 4.88 Å². The van der Waals surface area contributed by atoms with E-state index in [9.17, 15) is 14.7 Å². The highest BCUT2D eigenvalue weighted by molar-refractivity contribution is 7.13. The van der Waals surface area contributed by atoms with E-state index in [4.69, 9.17) is 4.52 Å². The Kier molecular flexibility index (Phi) is 4.13. The normalized spacial score (nSPS) is 12.9. The number of thiophene rings is 1. The number of aliphatic carboxylic acids is 1. The maximum absolute atomic E-state index is 12.1. The summed E-state index contributed by atoms with van der Waals surface area (Å²) in [5.74, 6) is -1.17. The van der Waals surface area contributed by atoms with Gasteiger partial charge in [-0.3, -0.25) is 4.79 Å². The Morgan fingerprint density at radius 1 is 1.43 bits per heavy atom. The fraction of sp³-hybridized carbons (Fsp3) is 0.357. The van der Waals surface area contributed by atoms with Crippen molar-refractivity contribution in [2.75, 3.05) is 0 Å². The number of carboxylic acid groups (broad SMARTS) is 1. The van der Waals surface area contributed by atoms with Gasteiger partial charge in [-0.15, -0.1) is 11.3 Å². The van der Waals surface area contributed by atoms with E-state index in [2.05, 4.69) is 10.5 Å². The monoisotopic (exact) mass is 308 g/mol. The summed E-state index contributed by atoms with van der Waals surface area (Å²) >= 11 is 1.46. The van der Waals surface area contributed by atoms with E-state index in [1.54, 1.807) is 20.8 Å². The lowest BCUT2D eigenvalue weighted by Crippen LogP contribution is -2.49. The number of amides is 1. The molecule has 7 heteroatoms. The second-order valence-corrected chi connectivity index (χ2v) is 6.61. The van der Waals surface area contributed by atoms with Crippen molar-refractivity contribution in [1.29, 1.82) is 0 Å². The molecule has 0 aliphatic carbocycles. The van der Waals surface area contributed by atoms with Gasteiger partial charge in [-0.05, 0) is 16.9 Å². The molecule has 6 nitrogen and oxygen atoms in total. The van der Waals surface area contributed by atoms with Gasteiger partial charge in [0.1, 0.15) is 6.04 Å². The predicted molar refractivity (Wildman–Crippen MR) is 78.2 cm³/mol. The third kappa shape index (κ3) is 3.49. The Bertz CT molecular complexity index is 640. The van der Waals surface area contributed by atoms with Gasteiger partial charge in [-0.25, -0.2) is 4.79 Å². The highest BCUT2D eigenvalue weighted by Crippen LogP contribution is 2.25. The number of hydrogen-bond donors (Lipinski definition) is 2. The van der Waals surface area contributed by atoms with Crippen LogP contribution in [0.15, 0.2) is 28.1 Å². The summed E-state index contributed by atoms with van der Waals surface area (Å²) < 4.78 is 5.11. The summed E-state index contributed by atoms with van der Waals surface area (Å²) in [4.78, 5) is 24.2. The van der Waals surface area contributed by atoms with Crippen LogP contribution in [0.4, 0.5) is 0 Å². The van der Waals surface area contributed by atoms with Gasteiger partial charge in [0.25, 0.3) is 5.91 Å². The van der Waals surface area contributed by atoms with Gasteiger partial charge in [0, 0.05) is 6.07 Å². The van der Waals surface area contributed by atoms with Crippen molar-refractivity contribution in [2.24, 2.45) is 5.41 Å². The van der Waals surface area contributed by atoms with Crippen molar-refractivity contribution < 1.29 is 19.2 Å². The van der Waals surface area contributed by atoms with Gasteiger partial charge < -0.3 is 14.9 Å². The van der Waals surface area contributed by atoms with Crippen LogP contribution in [-0.2, 0) is 4.79 Å². The summed E-state index contributed by atoms with van der Waals surface area (Å²) in [7, 11) is 0. The molecule has 0 fully saturated rings. The minimum atomic E-state index is -1.09. The van der Waals surface area contributed by atoms with Crippen LogP contribution in [0.1, 0.15) is 31.3 Å². The zero-order valence-corrected chi connectivity index (χ0v) is 12.7. The number of nitrogens with one attached hydrogen (secondary N) is 1. The largest absolute Gasteiger partial charge is 0.480 e. The zero-order valence-electron chi connectivity index (χ0n) is 11.9. The van der Waals surface area contributed by atoms with Crippen molar-refractivity contribution in [1.82, 2.24) is 10.5 Å². The van der Waals surface area contributed by atoms with E-state index >= 15 is 0 Å². The molecule has 0 aliphatic heterocycles. The fourth-order valence-electron chi connectivity index (χ4n) is 1.77. The highest BCUT2D eigenvalue weighted by atomic mass is 32.1. The smallest absolute Gasteiger partial charge is 0.326 e. The lowest BCUT2D eigenvalue weighted by molar-refractivity contribution is -0.142. The Morgan fingerprint density at radius 2 is 2.14 bits per heavy atom. The topological polar surface area (TPSA) is 92.4 Å². The van der Waals surface area contributed by atoms with Crippen LogP contribution < -0.4 is 5.32 Å². The van der Waals surface area contributed by atoms with Crippen molar-refractivity contribution >= 4 is 23.2 Å². The van der Waals surface area contributed by atoms with E-state index in [1.807, 2.05) is 17.5 Å². The molecular weight excluding hydrogens is 292 g/mol. The first-order chi connectivity index (χ1) is 9.79. The first kappa shape index (κ1) is 15.2. The fourth-order valence-corrected chi connectivity index (χ4v) is 2.44. The van der Waals surface area contributed by atoms with Crippen LogP contribution in [0, 0.1) is 5.41 Å². The van der Waals surface area contributed by atoms with Crippen molar-refractivity contribution in [3.63, 3.8) is 0 Å². The molecule has 2 aromatic rings. The molecule has 0 aromatic carbocycles. The Hall–Kier alpha value is -2.15. The first-order valence-corrected chi connectivity index (χ1v) is 7.21. The Labute approximate surface area is 125 Å². The van der Waals surface area contributed by atoms with Crippen LogP contribution in [0.5, 0.6) is 0 Å². The maximum Gasteiger partial charge on any atom is 0.326 e. The van der Waals surface area contributed by atoms with Gasteiger partial charge in [0.2, 0.25) is 0 Å². The molecule has 1 atom stereocenters. The zero-order chi connectivity index (χ0) is 15.6. The molecule has 2 rings (SSSR count). The van der Waals surface area contributed by atoms with Gasteiger partial charge in [0.05, 0.1) is 4.88 Å². The van der Waals surface area contributed by atoms with E-state index in [0.29, 0.717) is 5.76 Å². The standard InChI is InChI=1S/C14H16N2O4S/c1-14(2,3)11(13(18)19)15-12(17)8-7-9(20-16-8)10-5-4-6-21-10/h4-7,11H,1-3H3,(H,15,17)(H,18,19)/t11-/m0/s1. The minimum absolute atomic E-state index is 0.0638. The average molecular weight is 308 g/mol. The van der Waals surface area contributed by atoms with Crippen LogP contribution >= 0.6 is 11.3 Å². The summed E-state index contributed by atoms with van der Waals surface area (Å²) in [6, 6.07) is 4.21. The average Bonchev–Trinajstić information content (AvgIpc) is 3.03. The molecule has 2 N–H and O–H groups in total. The number of carboxylic acids is 1. The third-order valence-corrected chi connectivity index (χ3v) is 3.78. The lowest BCUT2D eigenvalue weighted by atomic mass is 9.86. The summed E-state index contributed by atoms with van der Waals surface area (Å²) in [6.07, 6.45) is 0. The van der Waals surface area contributed by atoms with Crippen molar-refractivity contribution in [3.05, 3.63) is 29.3 Å². The molecule has 112 valence electrons. The first-order valence-electron chi connectivity index (χ1n) is 6.33. The van der Waals surface area contributed by atoms with Crippen LogP contribution in [-0.4, -0.2) is 28.2 Å². The van der Waals surface area contributed by atoms with Crippen LogP contribution in [0.2, 0.25) is 0 Å². The Balaban J connectivity index is 2.15. The second-order valence-electron chi connectivity index (χ2n) is 5.66. The summed E-state index contributed by atoms with van der Waals surface area (Å²) in [6.45, 7) is 5.23. The van der Waals surface area contributed by atoms with Gasteiger partial charge >= 0.3 is 5.97 Å². The molecule has 2 heterocycles. The predicted octanol–water partition coefficient (Wildman–Crippen LogP) is 2.63. The second kappa shape index (κ2) is 5.69. The number of hydrogen-bond acceptors (Lipinski definition) is 5. The molecule has 0 aliphatic rings. The highest BCUT2D eigenvalue weighted by Gasteiger charge is 2.33. The molecule has 2 aromatic heterocycles. The third-order valence-electron chi connectivity index (χ3n) is 2.90. The molecule has 0 saturated heterocycles. The number of rotatable bonds is 4. The minimum Gasteiger partial charge on any atom is -0.480 e. The summed E-state index contributed by atoms with van der Waals surface area (Å²) in [5.41, 5.74) is -0.546. The molecule has 21 heavy (non-hydrogen) atoms. The number of aromatic nitrogens is 1. The van der Waals surface area contributed by atoms with Gasteiger partial charge in [-0.1, -0.05) is 32.0 Å². The molecule has 0 saturated carbocycles. The number of nitrogens with zero attached hydrogens (tertiary/aromatic N) is 1. The molecule has 0 radical (unpaired) electrons. The van der Waals surface area contributed by atoms with Gasteiger partial charge in [-0.2, -0.15) is 0 Å². The van der Waals surface area contributed by atoms with E-state index in [1.165, 1.54) is 17.4 Å². The van der Waals surface area contributed by atoms with Gasteiger partial charge in [0.15, 0.2) is 11.5 Å². The SMILES string of the molecule is CC(C)(C)[C@@H](NC(=O)c1cc(-c2cccs2)on1)C(=O)O. The molecular formula is C14H16N2O4S. The number of carbonyl (C=O) groups excluding carboxylic acids is 1. The van der Waals surface area contributed by atoms with E-state index in [-0.39, 0.29) is 5.69 Å².